The number of nitrogens with two attached hydrogens (primary N) is 1. The molecule has 28 heavy (non-hydrogen) atoms. The van der Waals surface area contributed by atoms with Crippen LogP contribution in [0, 0.1) is 13.8 Å². The van der Waals surface area contributed by atoms with Gasteiger partial charge in [0, 0.05) is 18.2 Å². The Morgan fingerprint density at radius 1 is 1.18 bits per heavy atom. The molecular formula is C20H23N5O2S. The summed E-state index contributed by atoms with van der Waals surface area (Å²) >= 11 is 1.24. The highest BCUT2D eigenvalue weighted by atomic mass is 32.2. The highest BCUT2D eigenvalue weighted by Crippen LogP contribution is 2.23. The zero-order chi connectivity index (χ0) is 20.1. The van der Waals surface area contributed by atoms with Gasteiger partial charge in [0.15, 0.2) is 5.82 Å². The summed E-state index contributed by atoms with van der Waals surface area (Å²) in [4.78, 5) is 12.2. The molecule has 0 fully saturated rings. The van der Waals surface area contributed by atoms with Gasteiger partial charge in [-0.05, 0) is 31.0 Å². The van der Waals surface area contributed by atoms with Gasteiger partial charge in [-0.25, -0.2) is 4.68 Å². The molecule has 2 aromatic carbocycles. The molecule has 0 aliphatic carbocycles. The van der Waals surface area contributed by atoms with Crippen LogP contribution in [0.5, 0.6) is 5.75 Å². The molecule has 8 heteroatoms. The lowest BCUT2D eigenvalue weighted by molar-refractivity contribution is -0.113. The van der Waals surface area contributed by atoms with E-state index < -0.39 is 0 Å². The first-order valence-corrected chi connectivity index (χ1v) is 9.77. The number of ether oxygens (including phenoxy) is 1. The predicted molar refractivity (Wildman–Crippen MR) is 111 cm³/mol. The number of aryl methyl sites for hydroxylation is 2. The van der Waals surface area contributed by atoms with E-state index in [1.165, 1.54) is 22.0 Å². The van der Waals surface area contributed by atoms with Crippen molar-refractivity contribution < 1.29 is 9.53 Å². The van der Waals surface area contributed by atoms with Crippen molar-refractivity contribution in [2.24, 2.45) is 0 Å². The van der Waals surface area contributed by atoms with Gasteiger partial charge in [0.2, 0.25) is 11.1 Å². The minimum Gasteiger partial charge on any atom is -0.496 e. The third-order valence-corrected chi connectivity index (χ3v) is 5.19. The van der Waals surface area contributed by atoms with E-state index in [0.717, 1.165) is 16.9 Å². The minimum absolute atomic E-state index is 0.154. The van der Waals surface area contributed by atoms with Crippen LogP contribution in [0.25, 0.3) is 0 Å². The zero-order valence-corrected chi connectivity index (χ0v) is 16.9. The second kappa shape index (κ2) is 8.79. The van der Waals surface area contributed by atoms with Gasteiger partial charge >= 0.3 is 0 Å². The molecule has 0 spiro atoms. The number of nitrogens with one attached hydrogen (secondary N) is 1. The van der Waals surface area contributed by atoms with Crippen molar-refractivity contribution >= 4 is 23.4 Å². The summed E-state index contributed by atoms with van der Waals surface area (Å²) in [5.74, 6) is 7.50. The Balaban J connectivity index is 1.58. The molecule has 0 aliphatic rings. The van der Waals surface area contributed by atoms with Crippen LogP contribution in [-0.4, -0.2) is 33.6 Å². The summed E-state index contributed by atoms with van der Waals surface area (Å²) in [6.45, 7) is 3.99. The lowest BCUT2D eigenvalue weighted by Crippen LogP contribution is -2.17. The van der Waals surface area contributed by atoms with Gasteiger partial charge in [0.25, 0.3) is 0 Å². The van der Waals surface area contributed by atoms with Crippen LogP contribution >= 0.6 is 11.8 Å². The molecule has 3 rings (SSSR count). The number of anilines is 1. The summed E-state index contributed by atoms with van der Waals surface area (Å²) in [5, 5.41) is 11.6. The van der Waals surface area contributed by atoms with E-state index in [-0.39, 0.29) is 11.7 Å². The molecule has 3 N–H and O–H groups in total. The van der Waals surface area contributed by atoms with Crippen molar-refractivity contribution in [1.29, 1.82) is 0 Å². The first-order chi connectivity index (χ1) is 13.5. The van der Waals surface area contributed by atoms with Crippen molar-refractivity contribution in [3.8, 4) is 5.75 Å². The Bertz CT molecular complexity index is 969. The number of thioether (sulfide) groups is 1. The molecule has 0 unspecified atom stereocenters. The van der Waals surface area contributed by atoms with Crippen molar-refractivity contribution in [1.82, 2.24) is 14.9 Å². The summed E-state index contributed by atoms with van der Waals surface area (Å²) in [6.07, 6.45) is 0.583. The number of carbonyl (C=O) groups is 1. The second-order valence-electron chi connectivity index (χ2n) is 6.45. The van der Waals surface area contributed by atoms with Crippen molar-refractivity contribution in [3.05, 3.63) is 65.0 Å². The van der Waals surface area contributed by atoms with E-state index in [0.29, 0.717) is 23.1 Å². The number of amides is 1. The largest absolute Gasteiger partial charge is 0.496 e. The first-order valence-electron chi connectivity index (χ1n) is 8.78. The Kier molecular flexibility index (Phi) is 6.20. The van der Waals surface area contributed by atoms with Gasteiger partial charge in [-0.2, -0.15) is 0 Å². The van der Waals surface area contributed by atoms with E-state index >= 15 is 0 Å². The highest BCUT2D eigenvalue weighted by Gasteiger charge is 2.13. The third-order valence-electron chi connectivity index (χ3n) is 4.24. The summed E-state index contributed by atoms with van der Waals surface area (Å²) in [5.41, 5.74) is 3.99. The topological polar surface area (TPSA) is 95.1 Å². The normalized spacial score (nSPS) is 10.7. The molecule has 0 atom stereocenters. The van der Waals surface area contributed by atoms with Crippen LogP contribution < -0.4 is 15.9 Å². The molecule has 1 amide bonds. The maximum atomic E-state index is 12.2. The molecule has 1 heterocycles. The van der Waals surface area contributed by atoms with Crippen molar-refractivity contribution in [3.63, 3.8) is 0 Å². The van der Waals surface area contributed by atoms with E-state index in [2.05, 4.69) is 15.5 Å². The van der Waals surface area contributed by atoms with Gasteiger partial charge in [0.1, 0.15) is 5.75 Å². The van der Waals surface area contributed by atoms with Gasteiger partial charge in [-0.1, -0.05) is 47.7 Å². The smallest absolute Gasteiger partial charge is 0.234 e. The monoisotopic (exact) mass is 397 g/mol. The zero-order valence-electron chi connectivity index (χ0n) is 16.1. The molecule has 0 saturated carbocycles. The molecule has 0 aliphatic heterocycles. The molecule has 1 aromatic heterocycles. The molecule has 3 aromatic rings. The van der Waals surface area contributed by atoms with Crippen LogP contribution in [0.4, 0.5) is 5.69 Å². The molecule has 0 radical (unpaired) electrons. The van der Waals surface area contributed by atoms with Gasteiger partial charge < -0.3 is 15.9 Å². The highest BCUT2D eigenvalue weighted by molar-refractivity contribution is 7.99. The van der Waals surface area contributed by atoms with Gasteiger partial charge in [0.05, 0.1) is 12.9 Å². The van der Waals surface area contributed by atoms with Crippen molar-refractivity contribution in [2.75, 3.05) is 24.0 Å². The number of carbonyl (C=O) groups excluding carboxylic acids is 1. The average Bonchev–Trinajstić information content (AvgIpc) is 3.03. The fourth-order valence-electron chi connectivity index (χ4n) is 2.64. The fraction of sp³-hybridized carbons (Fsp3) is 0.250. The van der Waals surface area contributed by atoms with E-state index in [9.17, 15) is 4.79 Å². The number of benzene rings is 2. The van der Waals surface area contributed by atoms with Crippen LogP contribution in [-0.2, 0) is 11.2 Å². The summed E-state index contributed by atoms with van der Waals surface area (Å²) in [7, 11) is 1.60. The maximum absolute atomic E-state index is 12.2. The maximum Gasteiger partial charge on any atom is 0.234 e. The number of aromatic nitrogens is 3. The SMILES string of the molecule is COc1cc(NC(=O)CSc2nnc(Cc3ccc(C)cc3)n2N)ccc1C. The lowest BCUT2D eigenvalue weighted by atomic mass is 10.1. The molecule has 7 nitrogen and oxygen atoms in total. The molecule has 146 valence electrons. The molecule has 0 saturated heterocycles. The van der Waals surface area contributed by atoms with Crippen LogP contribution in [0.1, 0.15) is 22.5 Å². The number of hydrogen-bond acceptors (Lipinski definition) is 6. The lowest BCUT2D eigenvalue weighted by Gasteiger charge is -2.09. The standard InChI is InChI=1S/C20H23N5O2S/c1-13-4-7-15(8-5-13)10-18-23-24-20(25(18)21)28-12-19(26)22-16-9-6-14(2)17(11-16)27-3/h4-9,11H,10,12,21H2,1-3H3,(H,22,26). The number of nitrogen functional groups attached to an aromatic ring is 1. The van der Waals surface area contributed by atoms with E-state index in [1.54, 1.807) is 13.2 Å². The Labute approximate surface area is 168 Å². The fourth-order valence-corrected chi connectivity index (χ4v) is 3.32. The van der Waals surface area contributed by atoms with Crippen LogP contribution in [0.15, 0.2) is 47.6 Å². The number of rotatable bonds is 7. The predicted octanol–water partition coefficient (Wildman–Crippen LogP) is 2.94. The van der Waals surface area contributed by atoms with E-state index in [1.807, 2.05) is 50.2 Å². The Morgan fingerprint density at radius 3 is 2.64 bits per heavy atom. The van der Waals surface area contributed by atoms with Gasteiger partial charge in [-0.15, -0.1) is 10.2 Å². The second-order valence-corrected chi connectivity index (χ2v) is 7.39. The first kappa shape index (κ1) is 19.8. The number of methoxy groups -OCH3 is 1. The average molecular weight is 398 g/mol. The number of nitrogens with zero attached hydrogens (tertiary/aromatic N) is 3. The summed E-state index contributed by atoms with van der Waals surface area (Å²) in [6, 6.07) is 13.7. The molecular weight excluding hydrogens is 374 g/mol. The van der Waals surface area contributed by atoms with Gasteiger partial charge in [-0.3, -0.25) is 4.79 Å². The quantitative estimate of drug-likeness (QED) is 0.470. The van der Waals surface area contributed by atoms with Crippen LogP contribution in [0.3, 0.4) is 0 Å². The Hall–Kier alpha value is -3.00. The number of hydrogen-bond donors (Lipinski definition) is 2. The van der Waals surface area contributed by atoms with Crippen LogP contribution in [0.2, 0.25) is 0 Å². The third kappa shape index (κ3) is 4.83. The summed E-state index contributed by atoms with van der Waals surface area (Å²) < 4.78 is 6.71. The Morgan fingerprint density at radius 2 is 1.93 bits per heavy atom. The minimum atomic E-state index is -0.154. The van der Waals surface area contributed by atoms with E-state index in [4.69, 9.17) is 10.6 Å². The van der Waals surface area contributed by atoms with Crippen molar-refractivity contribution in [2.45, 2.75) is 25.4 Å². The molecule has 0 bridgehead atoms.